The molecule has 0 unspecified atom stereocenters. The summed E-state index contributed by atoms with van der Waals surface area (Å²) >= 11 is 7.04. The molecule has 3 heterocycles. The zero-order valence-corrected chi connectivity index (χ0v) is 13.4. The van der Waals surface area contributed by atoms with Gasteiger partial charge in [-0.05, 0) is 24.6 Å². The van der Waals surface area contributed by atoms with E-state index in [0.717, 1.165) is 11.8 Å². The highest BCUT2D eigenvalue weighted by molar-refractivity contribution is 7.19. The third kappa shape index (κ3) is 3.53. The Kier molecular flexibility index (Phi) is 4.11. The molecule has 0 aromatic carbocycles. The molecule has 0 saturated carbocycles. The summed E-state index contributed by atoms with van der Waals surface area (Å²) in [5.41, 5.74) is -0.0789. The first-order valence-corrected chi connectivity index (χ1v) is 7.70. The first-order chi connectivity index (χ1) is 10.8. The summed E-state index contributed by atoms with van der Waals surface area (Å²) in [6.45, 7) is 1.93. The summed E-state index contributed by atoms with van der Waals surface area (Å²) in [5, 5.41) is 0. The van der Waals surface area contributed by atoms with E-state index in [0.29, 0.717) is 15.0 Å². The fourth-order valence-corrected chi connectivity index (χ4v) is 3.01. The zero-order valence-electron chi connectivity index (χ0n) is 11.8. The monoisotopic (exact) mass is 358 g/mol. The van der Waals surface area contributed by atoms with Crippen LogP contribution in [0.4, 0.5) is 13.2 Å². The maximum Gasteiger partial charge on any atom is 0.434 e. The average Bonchev–Trinajstić information content (AvgIpc) is 3.07. The highest BCUT2D eigenvalue weighted by atomic mass is 35.5. The molecule has 0 N–H and O–H groups in total. The van der Waals surface area contributed by atoms with Gasteiger partial charge < -0.3 is 4.57 Å². The lowest BCUT2D eigenvalue weighted by Crippen LogP contribution is -2.06. The number of hydrogen-bond donors (Lipinski definition) is 0. The Hall–Kier alpha value is -1.93. The highest BCUT2D eigenvalue weighted by Gasteiger charge is 2.35. The van der Waals surface area contributed by atoms with Gasteiger partial charge in [-0.2, -0.15) is 13.2 Å². The van der Waals surface area contributed by atoms with Gasteiger partial charge in [0.25, 0.3) is 0 Å². The average molecular weight is 359 g/mol. The molecule has 0 aliphatic carbocycles. The summed E-state index contributed by atoms with van der Waals surface area (Å²) in [4.78, 5) is 12.5. The van der Waals surface area contributed by atoms with Gasteiger partial charge in [-0.3, -0.25) is 0 Å². The molecular formula is C14H10ClF3N4S. The SMILES string of the molecule is Cc1cnc(Cn2cc(C(F)(F)F)nc2-c2ccc(Cl)s2)nc1. The molecule has 9 heteroatoms. The first kappa shape index (κ1) is 15.9. The van der Waals surface area contributed by atoms with Crippen LogP contribution in [0.5, 0.6) is 0 Å². The predicted molar refractivity (Wildman–Crippen MR) is 81.4 cm³/mol. The molecule has 4 nitrogen and oxygen atoms in total. The van der Waals surface area contributed by atoms with Crippen LogP contribution in [0.2, 0.25) is 4.34 Å². The van der Waals surface area contributed by atoms with E-state index in [1.54, 1.807) is 24.5 Å². The van der Waals surface area contributed by atoms with E-state index in [1.807, 2.05) is 6.92 Å². The Morgan fingerprint density at radius 1 is 1.22 bits per heavy atom. The van der Waals surface area contributed by atoms with Crippen molar-refractivity contribution in [3.8, 4) is 10.7 Å². The molecule has 0 saturated heterocycles. The predicted octanol–water partition coefficient (Wildman–Crippen LogP) is 4.43. The van der Waals surface area contributed by atoms with Gasteiger partial charge in [0.2, 0.25) is 0 Å². The Bertz CT molecular complexity index is 823. The molecule has 3 aromatic heterocycles. The molecular weight excluding hydrogens is 349 g/mol. The number of aromatic nitrogens is 4. The molecule has 0 spiro atoms. The number of aryl methyl sites for hydroxylation is 1. The van der Waals surface area contributed by atoms with Crippen molar-refractivity contribution in [1.29, 1.82) is 0 Å². The zero-order chi connectivity index (χ0) is 16.6. The Labute approximate surface area is 138 Å². The minimum absolute atomic E-state index is 0.0915. The van der Waals surface area contributed by atoms with Crippen molar-refractivity contribution in [3.05, 3.63) is 52.1 Å². The summed E-state index contributed by atoms with van der Waals surface area (Å²) in [6, 6.07) is 3.26. The number of alkyl halides is 3. The molecule has 3 rings (SSSR count). The minimum atomic E-state index is -4.52. The van der Waals surface area contributed by atoms with Crippen molar-refractivity contribution in [2.75, 3.05) is 0 Å². The molecule has 0 bridgehead atoms. The molecule has 0 aliphatic rings. The Morgan fingerprint density at radius 3 is 2.48 bits per heavy atom. The topological polar surface area (TPSA) is 43.6 Å². The maximum absolute atomic E-state index is 13.0. The van der Waals surface area contributed by atoms with Gasteiger partial charge in [0.05, 0.1) is 15.8 Å². The van der Waals surface area contributed by atoms with Crippen LogP contribution in [0, 0.1) is 6.92 Å². The molecule has 0 fully saturated rings. The van der Waals surface area contributed by atoms with Crippen LogP contribution in [0.25, 0.3) is 10.7 Å². The van der Waals surface area contributed by atoms with E-state index >= 15 is 0 Å². The number of nitrogens with zero attached hydrogens (tertiary/aromatic N) is 4. The van der Waals surface area contributed by atoms with Crippen molar-refractivity contribution >= 4 is 22.9 Å². The smallest absolute Gasteiger partial charge is 0.322 e. The number of imidazole rings is 1. The van der Waals surface area contributed by atoms with Crippen molar-refractivity contribution in [2.24, 2.45) is 0 Å². The Balaban J connectivity index is 2.03. The van der Waals surface area contributed by atoms with Crippen LogP contribution in [0.3, 0.4) is 0 Å². The third-order valence-electron chi connectivity index (χ3n) is 3.01. The normalized spacial score (nSPS) is 11.9. The largest absolute Gasteiger partial charge is 0.434 e. The number of halogens is 4. The second kappa shape index (κ2) is 5.93. The lowest BCUT2D eigenvalue weighted by Gasteiger charge is -2.05. The van der Waals surface area contributed by atoms with Gasteiger partial charge in [-0.25, -0.2) is 15.0 Å². The summed E-state index contributed by atoms with van der Waals surface area (Å²) in [6.07, 6.45) is -0.321. The van der Waals surface area contributed by atoms with Gasteiger partial charge in [0.1, 0.15) is 5.82 Å². The summed E-state index contributed by atoms with van der Waals surface area (Å²) < 4.78 is 40.8. The quantitative estimate of drug-likeness (QED) is 0.695. The van der Waals surface area contributed by atoms with Crippen molar-refractivity contribution in [1.82, 2.24) is 19.5 Å². The van der Waals surface area contributed by atoms with Crippen molar-refractivity contribution in [2.45, 2.75) is 19.6 Å². The van der Waals surface area contributed by atoms with E-state index in [9.17, 15) is 13.2 Å². The van der Waals surface area contributed by atoms with Crippen molar-refractivity contribution in [3.63, 3.8) is 0 Å². The second-order valence-corrected chi connectivity index (χ2v) is 6.57. The Morgan fingerprint density at radius 2 is 1.91 bits per heavy atom. The van der Waals surface area contributed by atoms with Gasteiger partial charge in [-0.1, -0.05) is 11.6 Å². The van der Waals surface area contributed by atoms with E-state index in [1.165, 1.54) is 15.9 Å². The molecule has 23 heavy (non-hydrogen) atoms. The van der Waals surface area contributed by atoms with Crippen LogP contribution in [0.15, 0.2) is 30.7 Å². The molecule has 0 radical (unpaired) electrons. The third-order valence-corrected chi connectivity index (χ3v) is 4.23. The van der Waals surface area contributed by atoms with Crippen LogP contribution >= 0.6 is 22.9 Å². The molecule has 120 valence electrons. The van der Waals surface area contributed by atoms with Crippen LogP contribution in [-0.2, 0) is 12.7 Å². The van der Waals surface area contributed by atoms with Crippen LogP contribution in [-0.4, -0.2) is 19.5 Å². The number of hydrogen-bond acceptors (Lipinski definition) is 4. The fourth-order valence-electron chi connectivity index (χ4n) is 1.96. The van der Waals surface area contributed by atoms with Gasteiger partial charge in [-0.15, -0.1) is 11.3 Å². The fraction of sp³-hybridized carbons (Fsp3) is 0.214. The highest BCUT2D eigenvalue weighted by Crippen LogP contribution is 2.34. The molecule has 0 amide bonds. The number of thiophene rings is 1. The van der Waals surface area contributed by atoms with Gasteiger partial charge in [0, 0.05) is 18.6 Å². The van der Waals surface area contributed by atoms with Crippen molar-refractivity contribution < 1.29 is 13.2 Å². The van der Waals surface area contributed by atoms with E-state index in [-0.39, 0.29) is 12.4 Å². The van der Waals surface area contributed by atoms with E-state index in [2.05, 4.69) is 15.0 Å². The summed E-state index contributed by atoms with van der Waals surface area (Å²) in [7, 11) is 0. The maximum atomic E-state index is 13.0. The minimum Gasteiger partial charge on any atom is -0.322 e. The van der Waals surface area contributed by atoms with Crippen LogP contribution in [0.1, 0.15) is 17.1 Å². The van der Waals surface area contributed by atoms with Gasteiger partial charge in [0.15, 0.2) is 11.5 Å². The first-order valence-electron chi connectivity index (χ1n) is 6.50. The van der Waals surface area contributed by atoms with E-state index in [4.69, 9.17) is 11.6 Å². The summed E-state index contributed by atoms with van der Waals surface area (Å²) in [5.74, 6) is 0.601. The standard InChI is InChI=1S/C14H10ClF3N4S/c1-8-4-19-12(20-5-8)7-22-6-10(14(16,17)18)21-13(22)9-2-3-11(15)23-9/h2-6H,7H2,1H3. The molecule has 3 aromatic rings. The van der Waals surface area contributed by atoms with E-state index < -0.39 is 11.9 Å². The second-order valence-electron chi connectivity index (χ2n) is 4.86. The lowest BCUT2D eigenvalue weighted by atomic mass is 10.4. The van der Waals surface area contributed by atoms with Gasteiger partial charge >= 0.3 is 6.18 Å². The number of rotatable bonds is 3. The lowest BCUT2D eigenvalue weighted by molar-refractivity contribution is -0.140. The molecule has 0 aliphatic heterocycles. The molecule has 0 atom stereocenters. The van der Waals surface area contributed by atoms with Crippen LogP contribution < -0.4 is 0 Å².